The normalized spacial score (nSPS) is 17.4. The third-order valence-electron chi connectivity index (χ3n) is 4.39. The number of rotatable bonds is 3. The minimum Gasteiger partial charge on any atom is -0.477 e. The van der Waals surface area contributed by atoms with Gasteiger partial charge in [-0.2, -0.15) is 0 Å². The molecule has 1 N–H and O–H groups in total. The summed E-state index contributed by atoms with van der Waals surface area (Å²) in [6.07, 6.45) is 2.42. The molecule has 2 heterocycles. The lowest BCUT2D eigenvalue weighted by Gasteiger charge is -2.33. The zero-order valence-electron chi connectivity index (χ0n) is 14.7. The quantitative estimate of drug-likeness (QED) is 0.841. The molecule has 0 saturated heterocycles. The maximum Gasteiger partial charge on any atom is 0.262 e. The second-order valence-electron chi connectivity index (χ2n) is 6.08. The van der Waals surface area contributed by atoms with Crippen molar-refractivity contribution in [1.29, 1.82) is 0 Å². The van der Waals surface area contributed by atoms with Gasteiger partial charge in [-0.3, -0.25) is 9.59 Å². The minimum atomic E-state index is -0.757. The molecule has 1 atom stereocenters. The van der Waals surface area contributed by atoms with Gasteiger partial charge in [-0.05, 0) is 35.9 Å². The molecule has 0 saturated carbocycles. The maximum atomic E-state index is 12.8. The average molecular weight is 366 g/mol. The van der Waals surface area contributed by atoms with Crippen molar-refractivity contribution in [3.63, 3.8) is 0 Å². The highest BCUT2D eigenvalue weighted by atomic mass is 16.7. The Balaban J connectivity index is 1.57. The van der Waals surface area contributed by atoms with Crippen LogP contribution in [0.3, 0.4) is 0 Å². The van der Waals surface area contributed by atoms with Crippen LogP contribution in [-0.4, -0.2) is 38.3 Å². The largest absolute Gasteiger partial charge is 0.477 e. The van der Waals surface area contributed by atoms with Crippen LogP contribution in [0.1, 0.15) is 5.56 Å². The molecule has 0 aliphatic carbocycles. The molecule has 2 aliphatic heterocycles. The molecule has 2 aromatic carbocycles. The number of fused-ring (bicyclic) bond motifs is 2. The van der Waals surface area contributed by atoms with Crippen LogP contribution in [0.25, 0.3) is 6.08 Å². The predicted octanol–water partition coefficient (Wildman–Crippen LogP) is 1.97. The molecule has 2 amide bonds. The second kappa shape index (κ2) is 7.03. The summed E-state index contributed by atoms with van der Waals surface area (Å²) < 4.78 is 16.4. The van der Waals surface area contributed by atoms with Crippen LogP contribution in [0.2, 0.25) is 0 Å². The molecule has 2 aromatic rings. The zero-order chi connectivity index (χ0) is 18.8. The highest BCUT2D eigenvalue weighted by Gasteiger charge is 2.32. The van der Waals surface area contributed by atoms with E-state index >= 15 is 0 Å². The van der Waals surface area contributed by atoms with Crippen LogP contribution >= 0.6 is 0 Å². The fourth-order valence-electron chi connectivity index (χ4n) is 3.01. The van der Waals surface area contributed by atoms with Gasteiger partial charge in [0.1, 0.15) is 5.75 Å². The Hall–Kier alpha value is -3.48. The molecule has 0 fully saturated rings. The lowest BCUT2D eigenvalue weighted by molar-refractivity contribution is -0.127. The Bertz CT molecular complexity index is 924. The highest BCUT2D eigenvalue weighted by molar-refractivity contribution is 6.05. The Morgan fingerprint density at radius 3 is 2.78 bits per heavy atom. The molecule has 138 valence electrons. The van der Waals surface area contributed by atoms with Crippen LogP contribution in [0.15, 0.2) is 48.5 Å². The lowest BCUT2D eigenvalue weighted by Crippen LogP contribution is -2.49. The van der Waals surface area contributed by atoms with Crippen LogP contribution in [0.4, 0.5) is 5.69 Å². The summed E-state index contributed by atoms with van der Waals surface area (Å²) in [6.45, 7) is 0.341. The zero-order valence-corrected chi connectivity index (χ0v) is 14.7. The Morgan fingerprint density at radius 1 is 1.11 bits per heavy atom. The van der Waals surface area contributed by atoms with Crippen LogP contribution in [0.5, 0.6) is 17.2 Å². The number of benzene rings is 2. The Labute approximate surface area is 156 Å². The smallest absolute Gasteiger partial charge is 0.262 e. The van der Waals surface area contributed by atoms with Gasteiger partial charge in [-0.15, -0.1) is 0 Å². The first-order chi connectivity index (χ1) is 13.2. The molecule has 2 aliphatic rings. The number of nitrogens with zero attached hydrogens (tertiary/aromatic N) is 1. The number of likely N-dealkylation sites (N-methyl/N-ethyl adjacent to an activating group) is 1. The minimum absolute atomic E-state index is 0.140. The molecular formula is C20H18N2O5. The number of carbonyl (C=O) groups is 2. The molecule has 4 rings (SSSR count). The topological polar surface area (TPSA) is 77.1 Å². The monoisotopic (exact) mass is 366 g/mol. The van der Waals surface area contributed by atoms with Gasteiger partial charge in [-0.25, -0.2) is 0 Å². The number of para-hydroxylation sites is 2. The average Bonchev–Trinajstić information content (AvgIpc) is 3.18. The lowest BCUT2D eigenvalue weighted by atomic mass is 10.1. The number of hydrogen-bond donors (Lipinski definition) is 1. The van der Waals surface area contributed by atoms with Crippen molar-refractivity contribution in [2.24, 2.45) is 0 Å². The highest BCUT2D eigenvalue weighted by Crippen LogP contribution is 2.34. The van der Waals surface area contributed by atoms with E-state index in [0.29, 0.717) is 22.9 Å². The third-order valence-corrected chi connectivity index (χ3v) is 4.39. The van der Waals surface area contributed by atoms with E-state index in [1.807, 2.05) is 18.2 Å². The van der Waals surface area contributed by atoms with E-state index in [-0.39, 0.29) is 25.2 Å². The van der Waals surface area contributed by atoms with E-state index in [0.717, 1.165) is 5.56 Å². The number of ether oxygens (including phenoxy) is 3. The van der Waals surface area contributed by atoms with Crippen LogP contribution in [-0.2, 0) is 9.59 Å². The predicted molar refractivity (Wildman–Crippen MR) is 98.9 cm³/mol. The van der Waals surface area contributed by atoms with E-state index in [9.17, 15) is 9.59 Å². The molecule has 0 radical (unpaired) electrons. The summed E-state index contributed by atoms with van der Waals surface area (Å²) in [5, 5.41) is 2.56. The fraction of sp³-hybridized carbons (Fsp3) is 0.200. The van der Waals surface area contributed by atoms with Crippen molar-refractivity contribution in [2.75, 3.05) is 25.3 Å². The van der Waals surface area contributed by atoms with Gasteiger partial charge in [0.15, 0.2) is 17.6 Å². The summed E-state index contributed by atoms with van der Waals surface area (Å²) >= 11 is 0. The van der Waals surface area contributed by atoms with E-state index in [2.05, 4.69) is 5.32 Å². The molecule has 27 heavy (non-hydrogen) atoms. The van der Waals surface area contributed by atoms with Crippen molar-refractivity contribution in [3.8, 4) is 17.2 Å². The fourth-order valence-corrected chi connectivity index (χ4v) is 3.01. The first-order valence-corrected chi connectivity index (χ1v) is 8.52. The number of amides is 2. The number of hydrogen-bond acceptors (Lipinski definition) is 5. The summed E-state index contributed by atoms with van der Waals surface area (Å²) in [6, 6.07) is 12.6. The maximum absolute atomic E-state index is 12.8. The van der Waals surface area contributed by atoms with Gasteiger partial charge in [0.05, 0.1) is 12.2 Å². The number of anilines is 1. The SMILES string of the molecule is CNC(=O)[C@@H]1CN(C(=O)/C=C/c2ccc3c(c2)OCO3)c2ccccc2O1. The van der Waals surface area contributed by atoms with Gasteiger partial charge in [0.25, 0.3) is 11.8 Å². The standard InChI is InChI=1S/C20H18N2O5/c1-21-20(24)18-11-22(14-4-2-3-5-15(14)27-18)19(23)9-7-13-6-8-16-17(10-13)26-12-25-16/h2-10,18H,11-12H2,1H3,(H,21,24)/b9-7+/t18-/m0/s1. The van der Waals surface area contributed by atoms with Crippen molar-refractivity contribution in [1.82, 2.24) is 5.32 Å². The van der Waals surface area contributed by atoms with E-state index in [4.69, 9.17) is 14.2 Å². The van der Waals surface area contributed by atoms with Gasteiger partial charge in [-0.1, -0.05) is 18.2 Å². The second-order valence-corrected chi connectivity index (χ2v) is 6.08. The van der Waals surface area contributed by atoms with Crippen LogP contribution < -0.4 is 24.4 Å². The Morgan fingerprint density at radius 2 is 1.93 bits per heavy atom. The Kier molecular flexibility index (Phi) is 4.42. The van der Waals surface area contributed by atoms with E-state index in [1.165, 1.54) is 13.1 Å². The summed E-state index contributed by atoms with van der Waals surface area (Å²) in [5.74, 6) is 1.33. The number of carbonyl (C=O) groups excluding carboxylic acids is 2. The van der Waals surface area contributed by atoms with Crippen molar-refractivity contribution >= 4 is 23.6 Å². The van der Waals surface area contributed by atoms with Crippen LogP contribution in [0, 0.1) is 0 Å². The molecule has 0 aromatic heterocycles. The van der Waals surface area contributed by atoms with Gasteiger partial charge >= 0.3 is 0 Å². The van der Waals surface area contributed by atoms with E-state index in [1.54, 1.807) is 35.2 Å². The summed E-state index contributed by atoms with van der Waals surface area (Å²) in [4.78, 5) is 26.4. The van der Waals surface area contributed by atoms with Gasteiger partial charge in [0, 0.05) is 13.1 Å². The third kappa shape index (κ3) is 3.31. The molecule has 7 nitrogen and oxygen atoms in total. The van der Waals surface area contributed by atoms with E-state index < -0.39 is 6.10 Å². The van der Waals surface area contributed by atoms with Crippen molar-refractivity contribution < 1.29 is 23.8 Å². The van der Waals surface area contributed by atoms with Gasteiger partial charge in [0.2, 0.25) is 6.79 Å². The summed E-state index contributed by atoms with van der Waals surface area (Å²) in [7, 11) is 1.54. The van der Waals surface area contributed by atoms with Gasteiger partial charge < -0.3 is 24.4 Å². The van der Waals surface area contributed by atoms with Crippen molar-refractivity contribution in [2.45, 2.75) is 6.10 Å². The molecule has 0 unspecified atom stereocenters. The first-order valence-electron chi connectivity index (χ1n) is 8.52. The molecule has 0 spiro atoms. The molecule has 7 heteroatoms. The summed E-state index contributed by atoms with van der Waals surface area (Å²) in [5.41, 5.74) is 1.45. The molecule has 0 bridgehead atoms. The van der Waals surface area contributed by atoms with Crippen molar-refractivity contribution in [3.05, 3.63) is 54.1 Å². The molecular weight excluding hydrogens is 348 g/mol. The number of nitrogens with one attached hydrogen (secondary N) is 1. The first kappa shape index (κ1) is 17.0.